The highest BCUT2D eigenvalue weighted by molar-refractivity contribution is 7.99. The van der Waals surface area contributed by atoms with E-state index >= 15 is 0 Å². The Kier molecular flexibility index (Phi) is 6.04. The first-order valence-corrected chi connectivity index (χ1v) is 19.6. The van der Waals surface area contributed by atoms with Crippen molar-refractivity contribution in [3.63, 3.8) is 0 Å². The number of fused-ring (bicyclic) bond motifs is 11. The molecule has 0 fully saturated rings. The highest BCUT2D eigenvalue weighted by Gasteiger charge is 2.24. The molecule has 8 aromatic carbocycles. The molecule has 1 aliphatic heterocycles. The Morgan fingerprint density at radius 1 is 0.429 bits per heavy atom. The van der Waals surface area contributed by atoms with Crippen molar-refractivity contribution in [1.29, 1.82) is 0 Å². The zero-order valence-corrected chi connectivity index (χ0v) is 30.6. The van der Waals surface area contributed by atoms with Gasteiger partial charge < -0.3 is 8.98 Å². The zero-order chi connectivity index (χ0) is 36.5. The fourth-order valence-electron chi connectivity index (χ4n) is 9.04. The van der Waals surface area contributed by atoms with Crippen molar-refractivity contribution in [3.8, 4) is 34.0 Å². The molecule has 5 heterocycles. The zero-order valence-electron chi connectivity index (χ0n) is 29.8. The van der Waals surface area contributed by atoms with Crippen LogP contribution >= 0.6 is 11.8 Å². The molecule has 12 aromatic rings. The monoisotopic (exact) mass is 732 g/mol. The second-order valence-corrected chi connectivity index (χ2v) is 15.7. The summed E-state index contributed by atoms with van der Waals surface area (Å²) in [6, 6.07) is 60.7. The predicted molar refractivity (Wildman–Crippen MR) is 230 cm³/mol. The van der Waals surface area contributed by atoms with Crippen molar-refractivity contribution >= 4 is 88.2 Å². The smallest absolute Gasteiger partial charge is 0.235 e. The van der Waals surface area contributed by atoms with Crippen molar-refractivity contribution in [3.05, 3.63) is 170 Å². The molecule has 0 saturated heterocycles. The third-order valence-electron chi connectivity index (χ3n) is 11.5. The topological polar surface area (TPSA) is 48.8 Å². The lowest BCUT2D eigenvalue weighted by Crippen LogP contribution is -2.05. The van der Waals surface area contributed by atoms with Crippen LogP contribution in [-0.2, 0) is 0 Å². The Labute approximate surface area is 324 Å². The molecule has 260 valence electrons. The lowest BCUT2D eigenvalue weighted by molar-refractivity contribution is 0.669. The Bertz CT molecular complexity index is 3650. The first-order valence-electron chi connectivity index (χ1n) is 18.8. The molecule has 56 heavy (non-hydrogen) atoms. The Morgan fingerprint density at radius 3 is 1.86 bits per heavy atom. The number of hydrogen-bond acceptors (Lipinski definition) is 4. The summed E-state index contributed by atoms with van der Waals surface area (Å²) in [4.78, 5) is 13.0. The number of nitrogens with zero attached hydrogens (tertiary/aromatic N) is 4. The summed E-state index contributed by atoms with van der Waals surface area (Å²) in [5.74, 6) is 0.682. The van der Waals surface area contributed by atoms with E-state index in [0.717, 1.165) is 66.4 Å². The number of benzene rings is 8. The van der Waals surface area contributed by atoms with Gasteiger partial charge in [0.1, 0.15) is 11.2 Å². The van der Waals surface area contributed by atoms with E-state index in [1.807, 2.05) is 12.1 Å². The summed E-state index contributed by atoms with van der Waals surface area (Å²) >= 11 is 1.79. The first kappa shape index (κ1) is 30.2. The third-order valence-corrected chi connectivity index (χ3v) is 12.7. The average Bonchev–Trinajstić information content (AvgIpc) is 3.90. The molecule has 0 atom stereocenters. The molecular weight excluding hydrogens is 705 g/mol. The number of furan rings is 1. The van der Waals surface area contributed by atoms with E-state index in [1.165, 1.54) is 47.9 Å². The van der Waals surface area contributed by atoms with Crippen molar-refractivity contribution in [2.24, 2.45) is 0 Å². The van der Waals surface area contributed by atoms with Crippen molar-refractivity contribution in [1.82, 2.24) is 19.1 Å². The maximum absolute atomic E-state index is 6.18. The van der Waals surface area contributed by atoms with E-state index in [4.69, 9.17) is 14.4 Å². The molecule has 0 spiro atoms. The van der Waals surface area contributed by atoms with Gasteiger partial charge in [0.05, 0.1) is 33.3 Å². The molecule has 13 rings (SSSR count). The van der Waals surface area contributed by atoms with Crippen molar-refractivity contribution in [2.45, 2.75) is 9.79 Å². The maximum atomic E-state index is 6.18. The van der Waals surface area contributed by atoms with Crippen LogP contribution in [0, 0.1) is 0 Å². The van der Waals surface area contributed by atoms with Crippen LogP contribution < -0.4 is 0 Å². The van der Waals surface area contributed by atoms with Crippen molar-refractivity contribution < 1.29 is 4.42 Å². The summed E-state index contributed by atoms with van der Waals surface area (Å²) in [6.07, 6.45) is 0. The lowest BCUT2D eigenvalue weighted by atomic mass is 10.0. The van der Waals surface area contributed by atoms with Gasteiger partial charge in [-0.05, 0) is 90.0 Å². The number of rotatable bonds is 3. The van der Waals surface area contributed by atoms with Crippen LogP contribution in [0.3, 0.4) is 0 Å². The largest absolute Gasteiger partial charge is 0.456 e. The van der Waals surface area contributed by atoms with Crippen molar-refractivity contribution in [2.75, 3.05) is 0 Å². The van der Waals surface area contributed by atoms with E-state index in [0.29, 0.717) is 5.95 Å². The molecule has 6 heteroatoms. The standard InChI is InChI=1S/C50H28N4OS/c1-5-15-40-32(10-1)36-26-29(20-23-42(36)53(40)31-22-25-45-38(28-31)34-12-3-7-17-44(34)55-45)30-21-24-43-37(27-30)33-11-2-6-16-41(33)54(43)50-51-39-14-9-19-47-48(39)49(52-50)35-13-4-8-18-46(35)56-47/h1-28H. The minimum Gasteiger partial charge on any atom is -0.456 e. The molecule has 0 amide bonds. The summed E-state index contributed by atoms with van der Waals surface area (Å²) in [7, 11) is 0. The third kappa shape index (κ3) is 4.16. The maximum Gasteiger partial charge on any atom is 0.235 e. The number of aromatic nitrogens is 4. The van der Waals surface area contributed by atoms with Gasteiger partial charge >= 0.3 is 0 Å². The SMILES string of the molecule is c1ccc2c(c1)Sc1cccc3nc(-n4c5ccccc5c5cc(-c6ccc7c(c6)c6ccccc6n7-c6ccc7oc8ccccc8c7c6)ccc54)nc-2c13. The average molecular weight is 733 g/mol. The molecule has 0 radical (unpaired) electrons. The van der Waals surface area contributed by atoms with Gasteiger partial charge in [-0.15, -0.1) is 0 Å². The highest BCUT2D eigenvalue weighted by atomic mass is 32.2. The second kappa shape index (κ2) is 11.2. The van der Waals surface area contributed by atoms with E-state index in [2.05, 4.69) is 167 Å². The summed E-state index contributed by atoms with van der Waals surface area (Å²) < 4.78 is 10.8. The molecule has 0 unspecified atom stereocenters. The van der Waals surface area contributed by atoms with Gasteiger partial charge in [0.25, 0.3) is 0 Å². The minimum absolute atomic E-state index is 0.682. The molecule has 1 aliphatic rings. The molecule has 0 N–H and O–H groups in total. The highest BCUT2D eigenvalue weighted by Crippen LogP contribution is 2.47. The minimum atomic E-state index is 0.682. The Morgan fingerprint density at radius 2 is 1.05 bits per heavy atom. The molecule has 0 aliphatic carbocycles. The fraction of sp³-hybridized carbons (Fsp3) is 0. The normalized spacial score (nSPS) is 12.6. The van der Waals surface area contributed by atoms with Gasteiger partial charge in [-0.1, -0.05) is 103 Å². The van der Waals surface area contributed by atoms with Gasteiger partial charge in [-0.3, -0.25) is 4.57 Å². The quantitative estimate of drug-likeness (QED) is 0.181. The number of hydrogen-bond donors (Lipinski definition) is 0. The van der Waals surface area contributed by atoms with E-state index in [1.54, 1.807) is 11.8 Å². The van der Waals surface area contributed by atoms with Crippen LogP contribution in [0.5, 0.6) is 0 Å². The predicted octanol–water partition coefficient (Wildman–Crippen LogP) is 13.5. The van der Waals surface area contributed by atoms with E-state index in [-0.39, 0.29) is 0 Å². The molecule has 4 aromatic heterocycles. The Balaban J connectivity index is 0.991. The summed E-state index contributed by atoms with van der Waals surface area (Å²) in [6.45, 7) is 0. The van der Waals surface area contributed by atoms with Gasteiger partial charge in [0, 0.05) is 58.7 Å². The van der Waals surface area contributed by atoms with Gasteiger partial charge in [-0.25, -0.2) is 9.97 Å². The van der Waals surface area contributed by atoms with Gasteiger partial charge in [0.15, 0.2) is 0 Å². The summed E-state index contributed by atoms with van der Waals surface area (Å²) in [5.41, 5.74) is 12.9. The van der Waals surface area contributed by atoms with E-state index in [9.17, 15) is 0 Å². The molecule has 0 bridgehead atoms. The second-order valence-electron chi connectivity index (χ2n) is 14.6. The molecule has 5 nitrogen and oxygen atoms in total. The van der Waals surface area contributed by atoms with E-state index < -0.39 is 0 Å². The van der Waals surface area contributed by atoms with Crippen LogP contribution in [-0.4, -0.2) is 19.1 Å². The Hall–Kier alpha value is -7.15. The van der Waals surface area contributed by atoms with Crippen LogP contribution in [0.4, 0.5) is 0 Å². The van der Waals surface area contributed by atoms with Crippen LogP contribution in [0.25, 0.3) is 110 Å². The van der Waals surface area contributed by atoms with Crippen LogP contribution in [0.15, 0.2) is 184 Å². The van der Waals surface area contributed by atoms with Crippen LogP contribution in [0.1, 0.15) is 0 Å². The first-order chi connectivity index (χ1) is 27.7. The summed E-state index contributed by atoms with van der Waals surface area (Å²) in [5, 5.41) is 8.15. The van der Waals surface area contributed by atoms with Gasteiger partial charge in [0.2, 0.25) is 5.95 Å². The molecular formula is C50H28N4OS. The lowest BCUT2D eigenvalue weighted by Gasteiger charge is -2.20. The number of para-hydroxylation sites is 3. The fourth-order valence-corrected chi connectivity index (χ4v) is 10.1. The van der Waals surface area contributed by atoms with Gasteiger partial charge in [-0.2, -0.15) is 0 Å². The van der Waals surface area contributed by atoms with Crippen LogP contribution in [0.2, 0.25) is 0 Å². The molecule has 0 saturated carbocycles.